The second kappa shape index (κ2) is 17.9. The average molecular weight is 718 g/mol. The van der Waals surface area contributed by atoms with Gasteiger partial charge in [0.2, 0.25) is 6.33 Å². The third-order valence-corrected chi connectivity index (χ3v) is 7.98. The van der Waals surface area contributed by atoms with Gasteiger partial charge in [0.15, 0.2) is 0 Å². The first-order chi connectivity index (χ1) is 22.2. The molecule has 0 fully saturated rings. The zero-order valence-electron chi connectivity index (χ0n) is 27.3. The molecule has 0 saturated heterocycles. The van der Waals surface area contributed by atoms with Crippen molar-refractivity contribution in [2.75, 3.05) is 0 Å². The molecule has 7 rings (SSSR count). The van der Waals surface area contributed by atoms with E-state index in [0.717, 1.165) is 65.7 Å². The first-order valence-corrected chi connectivity index (χ1v) is 15.1. The van der Waals surface area contributed by atoms with E-state index in [1.54, 1.807) is 0 Å². The van der Waals surface area contributed by atoms with Crippen LogP contribution < -0.4 is 90.9 Å². The van der Waals surface area contributed by atoms with Crippen LogP contribution in [-0.4, -0.2) is 35.6 Å². The normalized spacial score (nSPS) is 10.5. The van der Waals surface area contributed by atoms with Gasteiger partial charge in [0.1, 0.15) is 25.0 Å². The van der Waals surface area contributed by atoms with Crippen molar-refractivity contribution in [3.63, 3.8) is 0 Å². The smallest absolute Gasteiger partial charge is 1.00 e. The Labute approximate surface area is 334 Å². The predicted octanol–water partition coefficient (Wildman–Crippen LogP) is -3.82. The molecule has 0 amide bonds. The Kier molecular flexibility index (Phi) is 14.0. The van der Waals surface area contributed by atoms with Crippen molar-refractivity contribution < 1.29 is 80.7 Å². The van der Waals surface area contributed by atoms with Gasteiger partial charge in [-0.05, 0) is 50.9 Å². The molecule has 10 nitrogen and oxygen atoms in total. The van der Waals surface area contributed by atoms with Crippen LogP contribution in [0, 0.1) is 0 Å². The first kappa shape index (κ1) is 37.5. The standard InChI is InChI=1S/C35H31N10.BrH.2Na/c1-2-3-8-29-23-44(21-25-13-17-27(18-14-25)30-9-4-6-11-32(30)34-36-40-41-37-34)24-45(29)22-26-15-19-28(20-16-26)31-10-5-7-12-33(31)35-38-42-43-39-35;;;/h4-7,9-20,23-24H,2-3,8,21-22H2,1H3;1H;;/q-1;;2*+1/p-1. The minimum Gasteiger partial charge on any atom is -1.00 e. The zero-order chi connectivity index (χ0) is 30.4. The Morgan fingerprint density at radius 3 is 1.62 bits per heavy atom. The van der Waals surface area contributed by atoms with Crippen LogP contribution in [0.3, 0.4) is 0 Å². The van der Waals surface area contributed by atoms with E-state index >= 15 is 0 Å². The molecule has 0 N–H and O–H groups in total. The summed E-state index contributed by atoms with van der Waals surface area (Å²) in [6.07, 6.45) is 7.87. The molecule has 0 spiro atoms. The van der Waals surface area contributed by atoms with E-state index in [0.29, 0.717) is 11.6 Å². The zero-order valence-corrected chi connectivity index (χ0v) is 32.9. The van der Waals surface area contributed by atoms with Gasteiger partial charge in [0.05, 0.1) is 0 Å². The number of hydrogen-bond donors (Lipinski definition) is 0. The Balaban J connectivity index is 0.00000173. The van der Waals surface area contributed by atoms with Crippen LogP contribution in [0.25, 0.3) is 45.0 Å². The number of rotatable bonds is 11. The van der Waals surface area contributed by atoms with E-state index in [1.807, 2.05) is 36.4 Å². The molecule has 3 heterocycles. The van der Waals surface area contributed by atoms with Crippen LogP contribution in [0.2, 0.25) is 0 Å². The third-order valence-electron chi connectivity index (χ3n) is 7.98. The summed E-state index contributed by atoms with van der Waals surface area (Å²) >= 11 is 0. The monoisotopic (exact) mass is 716 g/mol. The van der Waals surface area contributed by atoms with Crippen molar-refractivity contribution >= 4 is 0 Å². The quantitative estimate of drug-likeness (QED) is 0.0990. The molecule has 0 radical (unpaired) electrons. The van der Waals surface area contributed by atoms with Crippen molar-refractivity contribution in [2.45, 2.75) is 39.3 Å². The van der Waals surface area contributed by atoms with Crippen LogP contribution in [-0.2, 0) is 19.5 Å². The average Bonchev–Trinajstić information content (AvgIpc) is 3.88. The number of aryl methyl sites for hydroxylation is 1. The van der Waals surface area contributed by atoms with Gasteiger partial charge >= 0.3 is 59.1 Å². The van der Waals surface area contributed by atoms with Crippen molar-refractivity contribution in [2.24, 2.45) is 0 Å². The van der Waals surface area contributed by atoms with Gasteiger partial charge in [-0.2, -0.15) is 10.4 Å². The van der Waals surface area contributed by atoms with E-state index in [4.69, 9.17) is 0 Å². The number of tetrazole rings is 2. The number of aromatic nitrogens is 10. The molecular weight excluding hydrogens is 686 g/mol. The second-order valence-corrected chi connectivity index (χ2v) is 11.0. The maximum absolute atomic E-state index is 4.06. The Bertz CT molecular complexity index is 1990. The fourth-order valence-corrected chi connectivity index (χ4v) is 5.70. The number of nitrogens with zero attached hydrogens (tertiary/aromatic N) is 10. The van der Waals surface area contributed by atoms with Crippen LogP contribution >= 0.6 is 0 Å². The number of halogens is 1. The fourth-order valence-electron chi connectivity index (χ4n) is 5.70. The molecule has 0 aliphatic heterocycles. The number of hydrogen-bond acceptors (Lipinski definition) is 6. The van der Waals surface area contributed by atoms with Crippen LogP contribution in [0.15, 0.2) is 110 Å². The Morgan fingerprint density at radius 2 is 1.15 bits per heavy atom. The molecule has 0 aliphatic carbocycles. The largest absolute Gasteiger partial charge is 1.00 e. The van der Waals surface area contributed by atoms with Crippen molar-refractivity contribution in [3.8, 4) is 45.0 Å². The molecule has 0 bridgehead atoms. The summed E-state index contributed by atoms with van der Waals surface area (Å²) < 4.78 is 4.66. The Morgan fingerprint density at radius 1 is 0.646 bits per heavy atom. The third kappa shape index (κ3) is 8.64. The van der Waals surface area contributed by atoms with E-state index in [-0.39, 0.29) is 76.1 Å². The molecule has 48 heavy (non-hydrogen) atoms. The predicted molar refractivity (Wildman–Crippen MR) is 169 cm³/mol. The number of unbranched alkanes of at least 4 members (excludes halogenated alkanes) is 1. The van der Waals surface area contributed by atoms with Gasteiger partial charge in [-0.3, -0.25) is 20.6 Å². The maximum Gasteiger partial charge on any atom is 1.00 e. The summed E-state index contributed by atoms with van der Waals surface area (Å²) in [5, 5.41) is 30.8. The first-order valence-electron chi connectivity index (χ1n) is 15.1. The summed E-state index contributed by atoms with van der Waals surface area (Å²) in [5.74, 6) is 1.07. The van der Waals surface area contributed by atoms with E-state index in [9.17, 15) is 0 Å². The molecule has 0 unspecified atom stereocenters. The molecule has 13 heteroatoms. The van der Waals surface area contributed by atoms with Gasteiger partial charge in [-0.1, -0.05) is 110 Å². The van der Waals surface area contributed by atoms with Crippen molar-refractivity contribution in [3.05, 3.63) is 126 Å². The molecular formula is C35H31BrN10Na2. The van der Waals surface area contributed by atoms with Crippen molar-refractivity contribution in [1.29, 1.82) is 0 Å². The van der Waals surface area contributed by atoms with Crippen LogP contribution in [0.5, 0.6) is 0 Å². The van der Waals surface area contributed by atoms with E-state index in [2.05, 4.69) is 130 Å². The SMILES string of the molecule is CCCCc1c[n+](Cc2ccc(-c3ccccc3-c3nnn[n-]3)cc2)cn1Cc1ccc(-c2ccccc2-c2nnn[n-]2)cc1.[Br-].[Na+].[Na+]. The number of imidazole rings is 1. The molecule has 4 aromatic carbocycles. The minimum absolute atomic E-state index is 0. The van der Waals surface area contributed by atoms with E-state index < -0.39 is 0 Å². The van der Waals surface area contributed by atoms with Crippen molar-refractivity contribution in [1.82, 2.24) is 45.8 Å². The number of benzene rings is 4. The summed E-state index contributed by atoms with van der Waals surface area (Å²) in [6.45, 7) is 3.83. The van der Waals surface area contributed by atoms with Crippen LogP contribution in [0.1, 0.15) is 36.6 Å². The molecule has 230 valence electrons. The molecule has 0 saturated carbocycles. The van der Waals surface area contributed by atoms with Gasteiger partial charge in [-0.15, -0.1) is 0 Å². The summed E-state index contributed by atoms with van der Waals surface area (Å²) in [4.78, 5) is 0. The Hall–Kier alpha value is -3.29. The van der Waals surface area contributed by atoms with Gasteiger partial charge in [-0.25, -0.2) is 9.13 Å². The summed E-state index contributed by atoms with van der Waals surface area (Å²) in [5.41, 5.74) is 9.98. The molecule has 7 aromatic rings. The second-order valence-electron chi connectivity index (χ2n) is 11.0. The molecule has 0 aliphatic rings. The maximum atomic E-state index is 4.06. The summed E-state index contributed by atoms with van der Waals surface area (Å²) in [6, 6.07) is 33.6. The van der Waals surface area contributed by atoms with Gasteiger partial charge in [0, 0.05) is 18.1 Å². The van der Waals surface area contributed by atoms with Gasteiger partial charge in [0.25, 0.3) is 0 Å². The molecule has 3 aromatic heterocycles. The summed E-state index contributed by atoms with van der Waals surface area (Å²) in [7, 11) is 0. The molecule has 0 atom stereocenters. The minimum atomic E-state index is 0. The van der Waals surface area contributed by atoms with E-state index in [1.165, 1.54) is 16.8 Å². The fraction of sp³-hybridized carbons (Fsp3) is 0.171. The van der Waals surface area contributed by atoms with Gasteiger partial charge < -0.3 is 27.2 Å². The topological polar surface area (TPSA) is 114 Å². The van der Waals surface area contributed by atoms with Crippen LogP contribution in [0.4, 0.5) is 0 Å².